The number of rotatable bonds is 2. The molecule has 1 aliphatic heterocycles. The molecule has 94 valence electrons. The molecule has 0 amide bonds. The van der Waals surface area contributed by atoms with Gasteiger partial charge in [-0.2, -0.15) is 0 Å². The van der Waals surface area contributed by atoms with Crippen molar-refractivity contribution < 1.29 is 10.2 Å². The van der Waals surface area contributed by atoms with E-state index in [0.29, 0.717) is 12.8 Å². The van der Waals surface area contributed by atoms with E-state index in [2.05, 4.69) is 14.8 Å². The second kappa shape index (κ2) is 4.42. The minimum absolute atomic E-state index is 0.265. The second-order valence-electron chi connectivity index (χ2n) is 4.68. The van der Waals surface area contributed by atoms with Gasteiger partial charge in [0, 0.05) is 19.4 Å². The largest absolute Gasteiger partial charge is 0.508 e. The van der Waals surface area contributed by atoms with Gasteiger partial charge in [0.05, 0.1) is 6.10 Å². The van der Waals surface area contributed by atoms with E-state index in [-0.39, 0.29) is 11.9 Å². The molecule has 2 N–H and O–H groups in total. The van der Waals surface area contributed by atoms with Crippen molar-refractivity contribution in [2.24, 2.45) is 0 Å². The fourth-order valence-corrected chi connectivity index (χ4v) is 2.35. The normalized spacial score (nSPS) is 18.6. The van der Waals surface area contributed by atoms with Gasteiger partial charge >= 0.3 is 0 Å². The van der Waals surface area contributed by atoms with Crippen LogP contribution in [0.3, 0.4) is 0 Å². The smallest absolute Gasteiger partial charge is 0.137 e. The first-order chi connectivity index (χ1) is 8.72. The molecule has 5 heteroatoms. The van der Waals surface area contributed by atoms with Gasteiger partial charge in [-0.25, -0.2) is 0 Å². The molecule has 1 unspecified atom stereocenters. The van der Waals surface area contributed by atoms with Crippen molar-refractivity contribution in [2.75, 3.05) is 0 Å². The average Bonchev–Trinajstić information content (AvgIpc) is 2.72. The molecule has 3 rings (SSSR count). The maximum atomic E-state index is 9.58. The highest BCUT2D eigenvalue weighted by molar-refractivity contribution is 5.29. The van der Waals surface area contributed by atoms with Crippen LogP contribution in [-0.2, 0) is 19.4 Å². The number of hydrogen-bond acceptors (Lipinski definition) is 4. The Morgan fingerprint density at radius 1 is 1.33 bits per heavy atom. The second-order valence-corrected chi connectivity index (χ2v) is 4.68. The third-order valence-corrected chi connectivity index (χ3v) is 3.28. The van der Waals surface area contributed by atoms with Gasteiger partial charge in [0.15, 0.2) is 0 Å². The van der Waals surface area contributed by atoms with Gasteiger partial charge in [0.1, 0.15) is 17.4 Å². The lowest BCUT2D eigenvalue weighted by atomic mass is 10.1. The van der Waals surface area contributed by atoms with Crippen molar-refractivity contribution in [1.29, 1.82) is 0 Å². The summed E-state index contributed by atoms with van der Waals surface area (Å²) < 4.78 is 2.07. The van der Waals surface area contributed by atoms with Crippen LogP contribution in [0.4, 0.5) is 0 Å². The third-order valence-electron chi connectivity index (χ3n) is 3.28. The lowest BCUT2D eigenvalue weighted by molar-refractivity contribution is 0.141. The van der Waals surface area contributed by atoms with E-state index in [1.54, 1.807) is 12.1 Å². The Morgan fingerprint density at radius 2 is 2.22 bits per heavy atom. The van der Waals surface area contributed by atoms with Gasteiger partial charge in [-0.3, -0.25) is 0 Å². The third kappa shape index (κ3) is 2.09. The van der Waals surface area contributed by atoms with Crippen molar-refractivity contribution in [3.63, 3.8) is 0 Å². The molecule has 5 nitrogen and oxygen atoms in total. The summed E-state index contributed by atoms with van der Waals surface area (Å²) in [5.74, 6) is 2.01. The van der Waals surface area contributed by atoms with E-state index >= 15 is 0 Å². The Kier molecular flexibility index (Phi) is 2.76. The highest BCUT2D eigenvalue weighted by atomic mass is 16.3. The quantitative estimate of drug-likeness (QED) is 0.824. The molecule has 0 aliphatic carbocycles. The zero-order valence-electron chi connectivity index (χ0n) is 9.95. The number of aliphatic hydroxyl groups is 1. The molecular weight excluding hydrogens is 230 g/mol. The molecule has 0 spiro atoms. The molecule has 1 aromatic heterocycles. The standard InChI is InChI=1S/C13H15N3O2/c17-10-3-1-2-9(6-10)7-12-14-15-13-8-11(18)4-5-16(12)13/h1-3,6,11,17-18H,4-5,7-8H2. The summed E-state index contributed by atoms with van der Waals surface area (Å²) in [5.41, 5.74) is 1.01. The van der Waals surface area contributed by atoms with E-state index in [0.717, 1.165) is 30.2 Å². The molecule has 1 aromatic carbocycles. The minimum atomic E-state index is -0.296. The van der Waals surface area contributed by atoms with Crippen LogP contribution in [0, 0.1) is 0 Å². The highest BCUT2D eigenvalue weighted by Gasteiger charge is 2.21. The van der Waals surface area contributed by atoms with Crippen molar-refractivity contribution in [3.05, 3.63) is 41.5 Å². The minimum Gasteiger partial charge on any atom is -0.508 e. The lowest BCUT2D eigenvalue weighted by Gasteiger charge is -2.19. The average molecular weight is 245 g/mol. The van der Waals surface area contributed by atoms with Gasteiger partial charge < -0.3 is 14.8 Å². The Morgan fingerprint density at radius 3 is 3.06 bits per heavy atom. The van der Waals surface area contributed by atoms with E-state index in [9.17, 15) is 10.2 Å². The topological polar surface area (TPSA) is 71.2 Å². The highest BCUT2D eigenvalue weighted by Crippen LogP contribution is 2.18. The molecule has 1 aliphatic rings. The lowest BCUT2D eigenvalue weighted by Crippen LogP contribution is -2.24. The van der Waals surface area contributed by atoms with Gasteiger partial charge in [0.2, 0.25) is 0 Å². The molecular formula is C13H15N3O2. The molecule has 18 heavy (non-hydrogen) atoms. The first-order valence-electron chi connectivity index (χ1n) is 6.09. The predicted molar refractivity (Wildman–Crippen MR) is 65.3 cm³/mol. The summed E-state index contributed by atoms with van der Waals surface area (Å²) in [6.07, 6.45) is 1.68. The Balaban J connectivity index is 1.86. The molecule has 0 saturated carbocycles. The first kappa shape index (κ1) is 11.2. The van der Waals surface area contributed by atoms with Crippen LogP contribution in [0.15, 0.2) is 24.3 Å². The molecule has 2 aromatic rings. The number of nitrogens with zero attached hydrogens (tertiary/aromatic N) is 3. The van der Waals surface area contributed by atoms with E-state index in [1.165, 1.54) is 0 Å². The van der Waals surface area contributed by atoms with Gasteiger partial charge in [0.25, 0.3) is 0 Å². The summed E-state index contributed by atoms with van der Waals surface area (Å²) in [5, 5.41) is 27.3. The van der Waals surface area contributed by atoms with E-state index < -0.39 is 0 Å². The van der Waals surface area contributed by atoms with Crippen molar-refractivity contribution >= 4 is 0 Å². The zero-order chi connectivity index (χ0) is 12.5. The Bertz CT molecular complexity index is 565. The number of phenolic OH excluding ortho intramolecular Hbond substituents is 1. The number of aromatic nitrogens is 3. The van der Waals surface area contributed by atoms with E-state index in [1.807, 2.05) is 12.1 Å². The van der Waals surface area contributed by atoms with Crippen LogP contribution in [0.25, 0.3) is 0 Å². The molecule has 0 bridgehead atoms. The Labute approximate surface area is 105 Å². The number of aliphatic hydroxyl groups excluding tert-OH is 1. The van der Waals surface area contributed by atoms with Gasteiger partial charge in [-0.1, -0.05) is 12.1 Å². The van der Waals surface area contributed by atoms with Gasteiger partial charge in [-0.15, -0.1) is 10.2 Å². The van der Waals surface area contributed by atoms with Crippen molar-refractivity contribution in [3.8, 4) is 5.75 Å². The van der Waals surface area contributed by atoms with Crippen LogP contribution < -0.4 is 0 Å². The monoisotopic (exact) mass is 245 g/mol. The fourth-order valence-electron chi connectivity index (χ4n) is 2.35. The van der Waals surface area contributed by atoms with Crippen LogP contribution in [0.2, 0.25) is 0 Å². The summed E-state index contributed by atoms with van der Waals surface area (Å²) in [6, 6.07) is 7.17. The van der Waals surface area contributed by atoms with Gasteiger partial charge in [-0.05, 0) is 24.1 Å². The molecule has 2 heterocycles. The van der Waals surface area contributed by atoms with Crippen LogP contribution in [0.1, 0.15) is 23.6 Å². The molecule has 0 saturated heterocycles. The number of aromatic hydroxyl groups is 1. The van der Waals surface area contributed by atoms with Crippen molar-refractivity contribution in [2.45, 2.75) is 31.9 Å². The number of phenols is 1. The Hall–Kier alpha value is -1.88. The van der Waals surface area contributed by atoms with Crippen LogP contribution in [-0.4, -0.2) is 31.1 Å². The molecule has 0 radical (unpaired) electrons. The summed E-state index contributed by atoms with van der Waals surface area (Å²) in [4.78, 5) is 0. The van der Waals surface area contributed by atoms with Crippen LogP contribution in [0.5, 0.6) is 5.75 Å². The maximum absolute atomic E-state index is 9.58. The van der Waals surface area contributed by atoms with Crippen molar-refractivity contribution in [1.82, 2.24) is 14.8 Å². The number of fused-ring (bicyclic) bond motifs is 1. The molecule has 1 atom stereocenters. The zero-order valence-corrected chi connectivity index (χ0v) is 9.95. The maximum Gasteiger partial charge on any atom is 0.137 e. The summed E-state index contributed by atoms with van der Waals surface area (Å²) in [7, 11) is 0. The number of benzene rings is 1. The number of hydrogen-bond donors (Lipinski definition) is 2. The SMILES string of the molecule is Oc1cccc(Cc2nnc3n2CCC(O)C3)c1. The molecule has 0 fully saturated rings. The summed E-state index contributed by atoms with van der Waals surface area (Å²) in [6.45, 7) is 0.762. The van der Waals surface area contributed by atoms with E-state index in [4.69, 9.17) is 0 Å². The fraction of sp³-hybridized carbons (Fsp3) is 0.385. The summed E-state index contributed by atoms with van der Waals surface area (Å²) >= 11 is 0. The first-order valence-corrected chi connectivity index (χ1v) is 6.09. The van der Waals surface area contributed by atoms with Crippen LogP contribution >= 0.6 is 0 Å². The predicted octanol–water partition coefficient (Wildman–Crippen LogP) is 0.882.